The zero-order chi connectivity index (χ0) is 23.8. The molecule has 0 radical (unpaired) electrons. The Morgan fingerprint density at radius 2 is 1.85 bits per heavy atom. The van der Waals surface area contributed by atoms with Crippen LogP contribution in [-0.4, -0.2) is 56.5 Å². The molecule has 1 amide bonds. The van der Waals surface area contributed by atoms with Crippen molar-refractivity contribution in [3.63, 3.8) is 0 Å². The number of alkyl halides is 3. The highest BCUT2D eigenvalue weighted by Crippen LogP contribution is 2.47. The number of methoxy groups -OCH3 is 1. The maximum atomic E-state index is 13.0. The standard InChI is InChI=1S/C23H27F3N2O5/c1-14-6-7-17-18(20(29)31-2)13-32-21(19(14)17)33-22(30)28-10-8-27(9-11-28)16-5-3-4-15(12-16)23(24,25)26/h3-5,12-14,17,19,21H,6-11H2,1-2H3. The summed E-state index contributed by atoms with van der Waals surface area (Å²) in [6.45, 7) is 3.44. The fourth-order valence-electron chi connectivity index (χ4n) is 4.99. The molecule has 0 aromatic heterocycles. The van der Waals surface area contributed by atoms with Crippen molar-refractivity contribution in [1.82, 2.24) is 4.90 Å². The van der Waals surface area contributed by atoms with Gasteiger partial charge in [0.25, 0.3) is 0 Å². The Kier molecular flexibility index (Phi) is 6.45. The smallest absolute Gasteiger partial charge is 0.416 e. The van der Waals surface area contributed by atoms with Crippen molar-refractivity contribution in [2.24, 2.45) is 17.8 Å². The van der Waals surface area contributed by atoms with Crippen LogP contribution in [0.1, 0.15) is 25.3 Å². The lowest BCUT2D eigenvalue weighted by atomic mass is 9.83. The van der Waals surface area contributed by atoms with Gasteiger partial charge < -0.3 is 24.0 Å². The number of nitrogens with zero attached hydrogens (tertiary/aromatic N) is 2. The van der Waals surface area contributed by atoms with Gasteiger partial charge in [0.1, 0.15) is 0 Å². The van der Waals surface area contributed by atoms with E-state index in [1.165, 1.54) is 24.3 Å². The second kappa shape index (κ2) is 9.15. The number of ether oxygens (including phenoxy) is 3. The van der Waals surface area contributed by atoms with Crippen molar-refractivity contribution in [1.29, 1.82) is 0 Å². The van der Waals surface area contributed by atoms with Crippen LogP contribution in [0.15, 0.2) is 36.1 Å². The first kappa shape index (κ1) is 23.3. The Morgan fingerprint density at radius 3 is 2.52 bits per heavy atom. The monoisotopic (exact) mass is 468 g/mol. The normalized spacial score (nSPS) is 27.4. The van der Waals surface area contributed by atoms with E-state index < -0.39 is 30.1 Å². The minimum absolute atomic E-state index is 0.0863. The SMILES string of the molecule is COC(=O)C1=COC(OC(=O)N2CCN(c3cccc(C(F)(F)F)c3)CC2)C2C(C)CCC12. The summed E-state index contributed by atoms with van der Waals surface area (Å²) in [5.74, 6) is -0.454. The predicted molar refractivity (Wildman–Crippen MR) is 112 cm³/mol. The molecule has 0 N–H and O–H groups in total. The molecule has 10 heteroatoms. The summed E-state index contributed by atoms with van der Waals surface area (Å²) in [7, 11) is 1.32. The molecule has 7 nitrogen and oxygen atoms in total. The Hall–Kier alpha value is -2.91. The lowest BCUT2D eigenvalue weighted by Gasteiger charge is -2.38. The molecule has 4 atom stereocenters. The molecule has 4 unspecified atom stereocenters. The van der Waals surface area contributed by atoms with E-state index in [-0.39, 0.29) is 17.8 Å². The molecule has 0 spiro atoms. The number of carbonyl (C=O) groups excluding carboxylic acids is 2. The van der Waals surface area contributed by atoms with Crippen LogP contribution in [0.3, 0.4) is 0 Å². The van der Waals surface area contributed by atoms with E-state index >= 15 is 0 Å². The summed E-state index contributed by atoms with van der Waals surface area (Å²) < 4.78 is 55.2. The number of amides is 1. The molecule has 2 aliphatic heterocycles. The van der Waals surface area contributed by atoms with Crippen molar-refractivity contribution in [3.8, 4) is 0 Å². The molecule has 0 bridgehead atoms. The highest BCUT2D eigenvalue weighted by Gasteiger charge is 2.48. The van der Waals surface area contributed by atoms with Crippen LogP contribution in [0.5, 0.6) is 0 Å². The molecule has 1 aliphatic carbocycles. The molecule has 180 valence electrons. The van der Waals surface area contributed by atoms with Crippen LogP contribution in [-0.2, 0) is 25.2 Å². The summed E-state index contributed by atoms with van der Waals surface area (Å²) in [5, 5.41) is 0. The lowest BCUT2D eigenvalue weighted by Crippen LogP contribution is -2.50. The van der Waals surface area contributed by atoms with Crippen LogP contribution in [0.25, 0.3) is 0 Å². The van der Waals surface area contributed by atoms with E-state index in [1.807, 2.05) is 11.8 Å². The van der Waals surface area contributed by atoms with Gasteiger partial charge in [-0.05, 0) is 37.0 Å². The van der Waals surface area contributed by atoms with Gasteiger partial charge in [-0.1, -0.05) is 13.0 Å². The molecule has 4 rings (SSSR count). The molecular formula is C23H27F3N2O5. The first-order valence-corrected chi connectivity index (χ1v) is 11.0. The van der Waals surface area contributed by atoms with Gasteiger partial charge in [0.15, 0.2) is 0 Å². The van der Waals surface area contributed by atoms with Gasteiger partial charge in [-0.2, -0.15) is 13.2 Å². The number of esters is 1. The molecule has 1 aromatic carbocycles. The van der Waals surface area contributed by atoms with Gasteiger partial charge in [-0.15, -0.1) is 0 Å². The van der Waals surface area contributed by atoms with E-state index in [4.69, 9.17) is 14.2 Å². The molecule has 33 heavy (non-hydrogen) atoms. The van der Waals surface area contributed by atoms with Crippen LogP contribution >= 0.6 is 0 Å². The van der Waals surface area contributed by atoms with Gasteiger partial charge >= 0.3 is 18.2 Å². The topological polar surface area (TPSA) is 68.3 Å². The first-order valence-electron chi connectivity index (χ1n) is 11.0. The van der Waals surface area contributed by atoms with Crippen LogP contribution in [0.2, 0.25) is 0 Å². The van der Waals surface area contributed by atoms with Gasteiger partial charge in [0.05, 0.1) is 24.5 Å². The fraction of sp³-hybridized carbons (Fsp3) is 0.565. The van der Waals surface area contributed by atoms with E-state index in [2.05, 4.69) is 0 Å². The summed E-state index contributed by atoms with van der Waals surface area (Å²) >= 11 is 0. The van der Waals surface area contributed by atoms with E-state index in [1.54, 1.807) is 6.07 Å². The third-order valence-electron chi connectivity index (χ3n) is 6.81. The Labute approximate surface area is 190 Å². The maximum Gasteiger partial charge on any atom is 0.416 e. The number of halogens is 3. The van der Waals surface area contributed by atoms with Gasteiger partial charge in [-0.25, -0.2) is 9.59 Å². The third kappa shape index (κ3) is 4.74. The summed E-state index contributed by atoms with van der Waals surface area (Å²) in [4.78, 5) is 28.2. The number of benzene rings is 1. The fourth-order valence-corrected chi connectivity index (χ4v) is 4.99. The molecule has 2 fully saturated rings. The van der Waals surface area contributed by atoms with Crippen molar-refractivity contribution >= 4 is 17.7 Å². The number of hydrogen-bond acceptors (Lipinski definition) is 6. The zero-order valence-corrected chi connectivity index (χ0v) is 18.5. The molecule has 1 saturated heterocycles. The minimum Gasteiger partial charge on any atom is -0.466 e. The number of carbonyl (C=O) groups is 2. The van der Waals surface area contributed by atoms with Crippen molar-refractivity contribution in [3.05, 3.63) is 41.7 Å². The van der Waals surface area contributed by atoms with Crippen LogP contribution in [0, 0.1) is 17.8 Å². The lowest BCUT2D eigenvalue weighted by molar-refractivity contribution is -0.147. The quantitative estimate of drug-likeness (QED) is 0.624. The Balaban J connectivity index is 1.37. The number of piperazine rings is 1. The Bertz CT molecular complexity index is 927. The largest absolute Gasteiger partial charge is 0.466 e. The number of rotatable bonds is 3. The molecular weight excluding hydrogens is 441 g/mol. The van der Waals surface area contributed by atoms with Crippen molar-refractivity contribution in [2.75, 3.05) is 38.2 Å². The number of anilines is 1. The molecule has 1 aromatic rings. The summed E-state index contributed by atoms with van der Waals surface area (Å²) in [5.41, 5.74) is 0.237. The third-order valence-corrected chi connectivity index (χ3v) is 6.81. The number of fused-ring (bicyclic) bond motifs is 1. The average molecular weight is 468 g/mol. The van der Waals surface area contributed by atoms with Gasteiger partial charge in [0, 0.05) is 43.7 Å². The van der Waals surface area contributed by atoms with E-state index in [9.17, 15) is 22.8 Å². The first-order chi connectivity index (χ1) is 15.7. The second-order valence-corrected chi connectivity index (χ2v) is 8.71. The van der Waals surface area contributed by atoms with Crippen molar-refractivity contribution in [2.45, 2.75) is 32.2 Å². The van der Waals surface area contributed by atoms with Gasteiger partial charge in [0.2, 0.25) is 6.29 Å². The average Bonchev–Trinajstić information content (AvgIpc) is 3.20. The van der Waals surface area contributed by atoms with Gasteiger partial charge in [-0.3, -0.25) is 0 Å². The number of hydrogen-bond donors (Lipinski definition) is 0. The summed E-state index contributed by atoms with van der Waals surface area (Å²) in [6, 6.07) is 5.18. The van der Waals surface area contributed by atoms with E-state index in [0.717, 1.165) is 25.0 Å². The van der Waals surface area contributed by atoms with Crippen molar-refractivity contribution < 1.29 is 37.0 Å². The minimum atomic E-state index is -4.40. The Morgan fingerprint density at radius 1 is 1.12 bits per heavy atom. The zero-order valence-electron chi connectivity index (χ0n) is 18.5. The molecule has 1 saturated carbocycles. The van der Waals surface area contributed by atoms with Crippen LogP contribution in [0.4, 0.5) is 23.7 Å². The highest BCUT2D eigenvalue weighted by molar-refractivity contribution is 5.89. The predicted octanol–water partition coefficient (Wildman–Crippen LogP) is 4.04. The van der Waals surface area contributed by atoms with E-state index in [0.29, 0.717) is 37.4 Å². The second-order valence-electron chi connectivity index (χ2n) is 8.71. The molecule has 2 heterocycles. The highest BCUT2D eigenvalue weighted by atomic mass is 19.4. The molecule has 3 aliphatic rings. The maximum absolute atomic E-state index is 13.0. The van der Waals surface area contributed by atoms with Crippen LogP contribution < -0.4 is 4.90 Å². The summed E-state index contributed by atoms with van der Waals surface area (Å²) in [6.07, 6.45) is -2.71.